The second kappa shape index (κ2) is 11.7. The Kier molecular flexibility index (Phi) is 9.57. The van der Waals surface area contributed by atoms with Crippen molar-refractivity contribution < 1.29 is 4.74 Å². The third kappa shape index (κ3) is 6.78. The largest absolute Gasteiger partial charge is 0.379 e. The van der Waals surface area contributed by atoms with Crippen molar-refractivity contribution in [2.75, 3.05) is 45.9 Å². The van der Waals surface area contributed by atoms with E-state index in [9.17, 15) is 0 Å². The number of aliphatic imine (C=N–C) groups is 1. The van der Waals surface area contributed by atoms with Gasteiger partial charge in [0, 0.05) is 44.3 Å². The normalized spacial score (nSPS) is 15.9. The zero-order valence-electron chi connectivity index (χ0n) is 17.7. The van der Waals surface area contributed by atoms with Gasteiger partial charge in [0.1, 0.15) is 5.82 Å². The molecule has 0 aliphatic carbocycles. The molecule has 9 heteroatoms. The van der Waals surface area contributed by atoms with Crippen molar-refractivity contribution in [1.82, 2.24) is 30.1 Å². The van der Waals surface area contributed by atoms with Crippen molar-refractivity contribution in [1.29, 1.82) is 0 Å². The highest BCUT2D eigenvalue weighted by atomic mass is 127. The molecule has 1 aliphatic rings. The van der Waals surface area contributed by atoms with Crippen LogP contribution >= 0.6 is 24.0 Å². The summed E-state index contributed by atoms with van der Waals surface area (Å²) in [5.41, 5.74) is 0.915. The van der Waals surface area contributed by atoms with Gasteiger partial charge in [0.25, 0.3) is 0 Å². The number of guanidine groups is 1. The standard InChI is InChI=1S/C20H33N7O.HI/c1-4-21-19(23-16-20(2,3)26-12-14-28-15-13-26)22-10-7-9-18-25-24-17-8-5-6-11-27(17)18;/h5-6,8,11H,4,7,9-10,12-16H2,1-3H3,(H2,21,22,23);1H. The van der Waals surface area contributed by atoms with Gasteiger partial charge in [-0.1, -0.05) is 6.07 Å². The lowest BCUT2D eigenvalue weighted by Crippen LogP contribution is -2.52. The number of aryl methyl sites for hydroxylation is 1. The molecule has 2 aromatic rings. The van der Waals surface area contributed by atoms with Crippen LogP contribution in [-0.4, -0.2) is 76.9 Å². The molecule has 162 valence electrons. The van der Waals surface area contributed by atoms with E-state index in [1.807, 2.05) is 28.8 Å². The van der Waals surface area contributed by atoms with Crippen molar-refractivity contribution in [3.8, 4) is 0 Å². The topological polar surface area (TPSA) is 79.1 Å². The van der Waals surface area contributed by atoms with Crippen molar-refractivity contribution in [3.63, 3.8) is 0 Å². The molecule has 0 atom stereocenters. The van der Waals surface area contributed by atoms with Crippen LogP contribution in [0, 0.1) is 0 Å². The first-order valence-electron chi connectivity index (χ1n) is 10.2. The summed E-state index contributed by atoms with van der Waals surface area (Å²) >= 11 is 0. The first kappa shape index (κ1) is 23.8. The van der Waals surface area contributed by atoms with Crippen LogP contribution in [0.25, 0.3) is 5.65 Å². The summed E-state index contributed by atoms with van der Waals surface area (Å²) < 4.78 is 7.51. The van der Waals surface area contributed by atoms with Gasteiger partial charge in [0.15, 0.2) is 11.6 Å². The average molecular weight is 515 g/mol. The molecule has 3 rings (SSSR count). The fourth-order valence-electron chi connectivity index (χ4n) is 3.40. The first-order chi connectivity index (χ1) is 13.6. The zero-order valence-corrected chi connectivity index (χ0v) is 20.1. The molecule has 3 heterocycles. The summed E-state index contributed by atoms with van der Waals surface area (Å²) in [6, 6.07) is 5.96. The molecule has 1 saturated heterocycles. The van der Waals surface area contributed by atoms with Gasteiger partial charge in [-0.3, -0.25) is 14.3 Å². The molecule has 0 bridgehead atoms. The smallest absolute Gasteiger partial charge is 0.191 e. The molecular formula is C20H34IN7O. The molecule has 0 radical (unpaired) electrons. The third-order valence-electron chi connectivity index (χ3n) is 5.09. The first-order valence-corrected chi connectivity index (χ1v) is 10.2. The molecule has 0 spiro atoms. The van der Waals surface area contributed by atoms with E-state index in [4.69, 9.17) is 9.73 Å². The highest BCUT2D eigenvalue weighted by Crippen LogP contribution is 2.16. The van der Waals surface area contributed by atoms with Crippen molar-refractivity contribution in [2.45, 2.75) is 39.2 Å². The van der Waals surface area contributed by atoms with Crippen LogP contribution in [-0.2, 0) is 11.2 Å². The number of fused-ring (bicyclic) bond motifs is 1. The maximum Gasteiger partial charge on any atom is 0.191 e. The Morgan fingerprint density at radius 3 is 2.76 bits per heavy atom. The van der Waals surface area contributed by atoms with E-state index in [1.54, 1.807) is 0 Å². The van der Waals surface area contributed by atoms with Crippen molar-refractivity contribution >= 4 is 35.6 Å². The van der Waals surface area contributed by atoms with Gasteiger partial charge in [-0.15, -0.1) is 34.2 Å². The summed E-state index contributed by atoms with van der Waals surface area (Å²) in [6.45, 7) is 12.6. The fourth-order valence-corrected chi connectivity index (χ4v) is 3.40. The molecule has 29 heavy (non-hydrogen) atoms. The van der Waals surface area contributed by atoms with E-state index in [2.05, 4.69) is 46.5 Å². The van der Waals surface area contributed by atoms with Crippen LogP contribution in [0.1, 0.15) is 33.0 Å². The van der Waals surface area contributed by atoms with E-state index in [0.29, 0.717) is 0 Å². The van der Waals surface area contributed by atoms with Gasteiger partial charge in [0.2, 0.25) is 0 Å². The number of pyridine rings is 1. The Morgan fingerprint density at radius 2 is 2.00 bits per heavy atom. The number of halogens is 1. The molecular weight excluding hydrogens is 481 g/mol. The predicted octanol–water partition coefficient (Wildman–Crippen LogP) is 1.95. The lowest BCUT2D eigenvalue weighted by atomic mass is 10.0. The maximum absolute atomic E-state index is 5.47. The van der Waals surface area contributed by atoms with Crippen molar-refractivity contribution in [2.24, 2.45) is 4.99 Å². The lowest BCUT2D eigenvalue weighted by molar-refractivity contribution is -0.00683. The second-order valence-electron chi connectivity index (χ2n) is 7.68. The zero-order chi connectivity index (χ0) is 19.8. The highest BCUT2D eigenvalue weighted by molar-refractivity contribution is 14.0. The van der Waals surface area contributed by atoms with Gasteiger partial charge in [-0.2, -0.15) is 0 Å². The number of nitrogens with zero attached hydrogens (tertiary/aromatic N) is 5. The number of nitrogens with one attached hydrogen (secondary N) is 2. The van der Waals surface area contributed by atoms with Gasteiger partial charge < -0.3 is 15.4 Å². The molecule has 0 saturated carbocycles. The van der Waals surface area contributed by atoms with Gasteiger partial charge in [-0.05, 0) is 39.3 Å². The number of ether oxygens (including phenoxy) is 1. The molecule has 0 aromatic carbocycles. The third-order valence-corrected chi connectivity index (χ3v) is 5.09. The Hall–Kier alpha value is -1.46. The molecule has 1 aliphatic heterocycles. The Bertz CT molecular complexity index is 771. The van der Waals surface area contributed by atoms with Crippen LogP contribution in [0.15, 0.2) is 29.4 Å². The Morgan fingerprint density at radius 1 is 1.21 bits per heavy atom. The SMILES string of the molecule is CCNC(=NCC(C)(C)N1CCOCC1)NCCCc1nnc2ccccn12.I. The quantitative estimate of drug-likeness (QED) is 0.242. The van der Waals surface area contributed by atoms with Gasteiger partial charge in [-0.25, -0.2) is 0 Å². The average Bonchev–Trinajstić information content (AvgIpc) is 3.13. The van der Waals surface area contributed by atoms with Crippen LogP contribution in [0.5, 0.6) is 0 Å². The van der Waals surface area contributed by atoms with Gasteiger partial charge in [0.05, 0.1) is 19.8 Å². The maximum atomic E-state index is 5.47. The minimum Gasteiger partial charge on any atom is -0.379 e. The molecule has 8 nitrogen and oxygen atoms in total. The Balaban J connectivity index is 0.00000300. The van der Waals surface area contributed by atoms with Crippen LogP contribution in [0.2, 0.25) is 0 Å². The monoisotopic (exact) mass is 515 g/mol. The second-order valence-corrected chi connectivity index (χ2v) is 7.68. The summed E-state index contributed by atoms with van der Waals surface area (Å²) in [5.74, 6) is 1.86. The summed E-state index contributed by atoms with van der Waals surface area (Å²) in [4.78, 5) is 7.28. The highest BCUT2D eigenvalue weighted by Gasteiger charge is 2.28. The molecule has 0 unspecified atom stereocenters. The number of morpholine rings is 1. The molecule has 0 amide bonds. The number of rotatable bonds is 8. The van der Waals surface area contributed by atoms with Crippen molar-refractivity contribution in [3.05, 3.63) is 30.2 Å². The van der Waals surface area contributed by atoms with E-state index in [1.165, 1.54) is 0 Å². The Labute approximate surface area is 190 Å². The van der Waals surface area contributed by atoms with Crippen LogP contribution < -0.4 is 10.6 Å². The minimum atomic E-state index is 0. The van der Waals surface area contributed by atoms with E-state index in [0.717, 1.165) is 76.2 Å². The number of aromatic nitrogens is 3. The minimum absolute atomic E-state index is 0. The fraction of sp³-hybridized carbons (Fsp3) is 0.650. The summed E-state index contributed by atoms with van der Waals surface area (Å²) in [6.07, 6.45) is 3.85. The van der Waals surface area contributed by atoms with Crippen LogP contribution in [0.3, 0.4) is 0 Å². The summed E-state index contributed by atoms with van der Waals surface area (Å²) in [7, 11) is 0. The van der Waals surface area contributed by atoms with E-state index >= 15 is 0 Å². The number of hydrogen-bond donors (Lipinski definition) is 2. The molecule has 2 N–H and O–H groups in total. The van der Waals surface area contributed by atoms with Crippen LogP contribution in [0.4, 0.5) is 0 Å². The van der Waals surface area contributed by atoms with E-state index < -0.39 is 0 Å². The van der Waals surface area contributed by atoms with E-state index in [-0.39, 0.29) is 29.5 Å². The van der Waals surface area contributed by atoms with Gasteiger partial charge >= 0.3 is 0 Å². The summed E-state index contributed by atoms with van der Waals surface area (Å²) in [5, 5.41) is 15.3. The predicted molar refractivity (Wildman–Crippen MR) is 127 cm³/mol. The molecule has 2 aromatic heterocycles. The molecule has 1 fully saturated rings. The lowest BCUT2D eigenvalue weighted by Gasteiger charge is -2.39. The number of hydrogen-bond acceptors (Lipinski definition) is 5.